The third-order valence-electron chi connectivity index (χ3n) is 6.57. The fourth-order valence-electron chi connectivity index (χ4n) is 4.76. The number of carbonyl (C=O) groups is 1. The van der Waals surface area contributed by atoms with Crippen molar-refractivity contribution in [2.24, 2.45) is 7.05 Å². The number of alkyl halides is 3. The minimum Gasteiger partial charge on any atom is -0.355 e. The van der Waals surface area contributed by atoms with Crippen LogP contribution >= 0.6 is 0 Å². The predicted molar refractivity (Wildman–Crippen MR) is 124 cm³/mol. The molecule has 3 aromatic heterocycles. The van der Waals surface area contributed by atoms with Gasteiger partial charge in [0.05, 0.1) is 11.3 Å². The van der Waals surface area contributed by atoms with Gasteiger partial charge in [0.2, 0.25) is 5.91 Å². The molecule has 0 radical (unpaired) electrons. The van der Waals surface area contributed by atoms with Crippen molar-refractivity contribution in [3.63, 3.8) is 0 Å². The van der Waals surface area contributed by atoms with Gasteiger partial charge in [-0.15, -0.1) is 0 Å². The average molecular weight is 475 g/mol. The first kappa shape index (κ1) is 24.0. The van der Waals surface area contributed by atoms with E-state index in [0.29, 0.717) is 44.8 Å². The van der Waals surface area contributed by atoms with Gasteiger partial charge in [0, 0.05) is 56.9 Å². The Morgan fingerprint density at radius 1 is 1.06 bits per heavy atom. The van der Waals surface area contributed by atoms with Gasteiger partial charge < -0.3 is 9.80 Å². The Morgan fingerprint density at radius 2 is 1.82 bits per heavy atom. The smallest absolute Gasteiger partial charge is 0.355 e. The molecule has 0 aliphatic carbocycles. The lowest BCUT2D eigenvalue weighted by atomic mass is 9.99. The first-order chi connectivity index (χ1) is 16.1. The van der Waals surface area contributed by atoms with E-state index in [1.807, 2.05) is 30.7 Å². The lowest BCUT2D eigenvalue weighted by Gasteiger charge is -2.23. The molecular weight excluding hydrogens is 445 g/mol. The van der Waals surface area contributed by atoms with Crippen LogP contribution in [0.15, 0.2) is 18.3 Å². The van der Waals surface area contributed by atoms with Crippen molar-refractivity contribution >= 4 is 22.8 Å². The second kappa shape index (κ2) is 9.23. The number of hydrogen-bond acceptors (Lipinski definition) is 5. The maximum atomic E-state index is 13.0. The highest BCUT2D eigenvalue weighted by atomic mass is 19.4. The summed E-state index contributed by atoms with van der Waals surface area (Å²) in [6.45, 7) is 8.30. The van der Waals surface area contributed by atoms with Crippen molar-refractivity contribution in [2.75, 3.05) is 31.1 Å². The van der Waals surface area contributed by atoms with E-state index in [9.17, 15) is 18.0 Å². The molecule has 0 bridgehead atoms. The van der Waals surface area contributed by atoms with E-state index in [2.05, 4.69) is 17.0 Å². The molecule has 0 atom stereocenters. The fraction of sp³-hybridized carbons (Fsp3) is 0.500. The molecular formula is C24H29F3N6O. The molecule has 0 unspecified atom stereocenters. The van der Waals surface area contributed by atoms with Gasteiger partial charge in [-0.2, -0.15) is 18.3 Å². The maximum absolute atomic E-state index is 13.0. The van der Waals surface area contributed by atoms with E-state index < -0.39 is 11.7 Å². The number of pyridine rings is 2. The molecule has 1 amide bonds. The molecule has 34 heavy (non-hydrogen) atoms. The van der Waals surface area contributed by atoms with Gasteiger partial charge in [0.25, 0.3) is 0 Å². The van der Waals surface area contributed by atoms with Gasteiger partial charge >= 0.3 is 6.18 Å². The topological polar surface area (TPSA) is 67.2 Å². The van der Waals surface area contributed by atoms with E-state index in [-0.39, 0.29) is 5.91 Å². The van der Waals surface area contributed by atoms with E-state index in [1.165, 1.54) is 6.07 Å². The zero-order valence-corrected chi connectivity index (χ0v) is 19.9. The number of fused-ring (bicyclic) bond motifs is 1. The summed E-state index contributed by atoms with van der Waals surface area (Å²) in [5.41, 5.74) is 4.14. The average Bonchev–Trinajstić information content (AvgIpc) is 2.94. The zero-order chi connectivity index (χ0) is 24.6. The van der Waals surface area contributed by atoms with Crippen molar-refractivity contribution in [1.29, 1.82) is 0 Å². The summed E-state index contributed by atoms with van der Waals surface area (Å²) in [4.78, 5) is 25.5. The van der Waals surface area contributed by atoms with Crippen LogP contribution in [0, 0.1) is 20.8 Å². The number of nitrogens with zero attached hydrogens (tertiary/aromatic N) is 6. The van der Waals surface area contributed by atoms with Gasteiger partial charge in [-0.3, -0.25) is 9.48 Å². The highest BCUT2D eigenvalue weighted by molar-refractivity contribution is 5.84. The van der Waals surface area contributed by atoms with Gasteiger partial charge in [0.1, 0.15) is 5.82 Å². The summed E-state index contributed by atoms with van der Waals surface area (Å²) in [6.07, 6.45) is -1.82. The standard InChI is InChI=1S/C24H29F3N6O/c1-15-19(16(2)29-23-22(15)17(3)30-31(23)4)7-9-21(34)33-11-5-10-32(12-13-33)20-8-6-18(14-28-20)24(25,26)27/h6,8,14H,5,7,9-13H2,1-4H3. The summed E-state index contributed by atoms with van der Waals surface area (Å²) in [5.74, 6) is 0.573. The van der Waals surface area contributed by atoms with Crippen LogP contribution in [0.1, 0.15) is 40.9 Å². The van der Waals surface area contributed by atoms with Crippen molar-refractivity contribution < 1.29 is 18.0 Å². The van der Waals surface area contributed by atoms with Crippen LogP contribution in [-0.2, 0) is 24.4 Å². The molecule has 0 N–H and O–H groups in total. The normalized spacial score (nSPS) is 15.1. The van der Waals surface area contributed by atoms with E-state index in [0.717, 1.165) is 52.2 Å². The Hall–Kier alpha value is -3.17. The van der Waals surface area contributed by atoms with Crippen molar-refractivity contribution in [2.45, 2.75) is 46.2 Å². The van der Waals surface area contributed by atoms with Crippen LogP contribution in [0.2, 0.25) is 0 Å². The molecule has 1 aliphatic heterocycles. The van der Waals surface area contributed by atoms with Crippen LogP contribution < -0.4 is 4.90 Å². The number of aryl methyl sites for hydroxylation is 4. The molecule has 1 fully saturated rings. The Kier molecular flexibility index (Phi) is 6.51. The number of amides is 1. The number of rotatable bonds is 4. The number of anilines is 1. The molecule has 4 heterocycles. The first-order valence-electron chi connectivity index (χ1n) is 11.4. The number of carbonyl (C=O) groups excluding carboxylic acids is 1. The van der Waals surface area contributed by atoms with E-state index in [1.54, 1.807) is 4.68 Å². The van der Waals surface area contributed by atoms with Crippen LogP contribution in [0.25, 0.3) is 11.0 Å². The maximum Gasteiger partial charge on any atom is 0.417 e. The molecule has 1 saturated heterocycles. The molecule has 1 aliphatic rings. The highest BCUT2D eigenvalue weighted by Crippen LogP contribution is 2.30. The summed E-state index contributed by atoms with van der Waals surface area (Å²) in [7, 11) is 1.88. The van der Waals surface area contributed by atoms with E-state index in [4.69, 9.17) is 4.98 Å². The van der Waals surface area contributed by atoms with Crippen molar-refractivity contribution in [3.8, 4) is 0 Å². The largest absolute Gasteiger partial charge is 0.417 e. The van der Waals surface area contributed by atoms with Gasteiger partial charge in [-0.05, 0) is 56.9 Å². The van der Waals surface area contributed by atoms with Crippen LogP contribution in [0.5, 0.6) is 0 Å². The number of hydrogen-bond donors (Lipinski definition) is 0. The lowest BCUT2D eigenvalue weighted by Crippen LogP contribution is -2.35. The minimum absolute atomic E-state index is 0.0732. The van der Waals surface area contributed by atoms with Gasteiger partial charge in [-0.25, -0.2) is 9.97 Å². The van der Waals surface area contributed by atoms with Crippen molar-refractivity contribution in [3.05, 3.63) is 46.4 Å². The number of halogens is 3. The molecule has 10 heteroatoms. The summed E-state index contributed by atoms with van der Waals surface area (Å²) in [6, 6.07) is 2.45. The predicted octanol–water partition coefficient (Wildman–Crippen LogP) is 3.98. The highest BCUT2D eigenvalue weighted by Gasteiger charge is 2.31. The Labute approximate surface area is 196 Å². The van der Waals surface area contributed by atoms with Crippen LogP contribution in [-0.4, -0.2) is 56.7 Å². The molecule has 182 valence electrons. The Bertz CT molecular complexity index is 1200. The van der Waals surface area contributed by atoms with Gasteiger partial charge in [-0.1, -0.05) is 0 Å². The first-order valence-corrected chi connectivity index (χ1v) is 11.4. The monoisotopic (exact) mass is 474 g/mol. The molecule has 0 aromatic carbocycles. The van der Waals surface area contributed by atoms with Crippen molar-refractivity contribution in [1.82, 2.24) is 24.6 Å². The number of aromatic nitrogens is 4. The summed E-state index contributed by atoms with van der Waals surface area (Å²) >= 11 is 0. The molecule has 3 aromatic rings. The molecule has 7 nitrogen and oxygen atoms in total. The third-order valence-corrected chi connectivity index (χ3v) is 6.57. The summed E-state index contributed by atoms with van der Waals surface area (Å²) in [5, 5.41) is 5.52. The minimum atomic E-state index is -4.40. The molecule has 0 saturated carbocycles. The zero-order valence-electron chi connectivity index (χ0n) is 19.9. The SMILES string of the molecule is Cc1nc2c(c(C)nn2C)c(C)c1CCC(=O)N1CCCN(c2ccc(C(F)(F)F)cn2)CC1. The second-order valence-electron chi connectivity index (χ2n) is 8.83. The fourth-order valence-corrected chi connectivity index (χ4v) is 4.76. The molecule has 4 rings (SSSR count). The van der Waals surface area contributed by atoms with Crippen LogP contribution in [0.3, 0.4) is 0 Å². The van der Waals surface area contributed by atoms with Crippen LogP contribution in [0.4, 0.5) is 19.0 Å². The Balaban J connectivity index is 1.40. The Morgan fingerprint density at radius 3 is 2.50 bits per heavy atom. The lowest BCUT2D eigenvalue weighted by molar-refractivity contribution is -0.137. The van der Waals surface area contributed by atoms with E-state index >= 15 is 0 Å². The molecule has 0 spiro atoms. The third kappa shape index (κ3) is 4.71. The summed E-state index contributed by atoms with van der Waals surface area (Å²) < 4.78 is 40.2. The van der Waals surface area contributed by atoms with Gasteiger partial charge in [0.15, 0.2) is 5.65 Å². The second-order valence-corrected chi connectivity index (χ2v) is 8.83. The quantitative estimate of drug-likeness (QED) is 0.572.